The lowest BCUT2D eigenvalue weighted by atomic mass is 9.99. The molecule has 1 N–H and O–H groups in total. The van der Waals surface area contributed by atoms with Crippen molar-refractivity contribution in [3.05, 3.63) is 23.6 Å². The first-order chi connectivity index (χ1) is 8.31. The number of piperidine rings is 1. The van der Waals surface area contributed by atoms with Crippen LogP contribution in [-0.2, 0) is 0 Å². The molecule has 1 unspecified atom stereocenters. The number of rotatable bonds is 2. The second-order valence-electron chi connectivity index (χ2n) is 5.00. The van der Waals surface area contributed by atoms with Gasteiger partial charge in [-0.3, -0.25) is 4.90 Å². The van der Waals surface area contributed by atoms with E-state index < -0.39 is 0 Å². The molecule has 1 heterocycles. The van der Waals surface area contributed by atoms with Crippen molar-refractivity contribution in [2.75, 3.05) is 19.7 Å². The molecule has 0 spiro atoms. The van der Waals surface area contributed by atoms with Crippen LogP contribution in [0.1, 0.15) is 38.5 Å². The maximum Gasteiger partial charge on any atom is 0.102 e. The fourth-order valence-corrected chi connectivity index (χ4v) is 2.73. The summed E-state index contributed by atoms with van der Waals surface area (Å²) < 4.78 is 13.7. The molecular weight excluding hydrogens is 217 g/mol. The van der Waals surface area contributed by atoms with E-state index in [1.54, 1.807) is 0 Å². The lowest BCUT2D eigenvalue weighted by Crippen LogP contribution is -2.38. The highest BCUT2D eigenvalue weighted by Gasteiger charge is 2.20. The summed E-state index contributed by atoms with van der Waals surface area (Å²) in [5.74, 6) is -0.0983. The third-order valence-electron chi connectivity index (χ3n) is 3.82. The summed E-state index contributed by atoms with van der Waals surface area (Å²) in [6, 6.07) is 0.390. The first-order valence-electron chi connectivity index (χ1n) is 6.69. The Morgan fingerprint density at radius 2 is 2.06 bits per heavy atom. The molecule has 1 atom stereocenters. The maximum atomic E-state index is 13.7. The molecule has 2 aliphatic rings. The molecule has 1 aliphatic heterocycles. The summed E-state index contributed by atoms with van der Waals surface area (Å²) in [6.45, 7) is 2.14. The van der Waals surface area contributed by atoms with E-state index >= 15 is 0 Å². The zero-order chi connectivity index (χ0) is 12.1. The molecule has 17 heavy (non-hydrogen) atoms. The first-order valence-corrected chi connectivity index (χ1v) is 6.69. The van der Waals surface area contributed by atoms with Gasteiger partial charge >= 0.3 is 0 Å². The molecule has 96 valence electrons. The molecule has 2 nitrogen and oxygen atoms in total. The number of hydrogen-bond acceptors (Lipinski definition) is 2. The monoisotopic (exact) mass is 239 g/mol. The quantitative estimate of drug-likeness (QED) is 0.749. The van der Waals surface area contributed by atoms with Gasteiger partial charge < -0.3 is 5.11 Å². The van der Waals surface area contributed by atoms with Crippen molar-refractivity contribution in [2.45, 2.75) is 44.6 Å². The van der Waals surface area contributed by atoms with Crippen molar-refractivity contribution in [1.82, 2.24) is 4.90 Å². The van der Waals surface area contributed by atoms with Gasteiger partial charge in [0.2, 0.25) is 0 Å². The number of nitrogens with zero attached hydrogens (tertiary/aromatic N) is 1. The van der Waals surface area contributed by atoms with Crippen LogP contribution in [0.2, 0.25) is 0 Å². The van der Waals surface area contributed by atoms with Gasteiger partial charge in [-0.1, -0.05) is 18.6 Å². The zero-order valence-corrected chi connectivity index (χ0v) is 10.4. The van der Waals surface area contributed by atoms with Crippen LogP contribution in [-0.4, -0.2) is 35.7 Å². The molecule has 0 saturated carbocycles. The average molecular weight is 239 g/mol. The van der Waals surface area contributed by atoms with Crippen molar-refractivity contribution in [3.8, 4) is 0 Å². The standard InChI is InChI=1S/C14H22FNO/c15-14-8-7-13(6-4-5-12(14)11-17)16-9-2-1-3-10-16/h4,6,13,17H,1-3,5,7-11H2/b6-4-,14-12-. The summed E-state index contributed by atoms with van der Waals surface area (Å²) in [7, 11) is 0. The number of aliphatic hydroxyl groups excluding tert-OH is 1. The molecule has 2 rings (SSSR count). The van der Waals surface area contributed by atoms with Crippen LogP contribution >= 0.6 is 0 Å². The van der Waals surface area contributed by atoms with Crippen LogP contribution in [0.5, 0.6) is 0 Å². The normalized spacial score (nSPS) is 34.1. The van der Waals surface area contributed by atoms with Gasteiger partial charge in [0.25, 0.3) is 0 Å². The van der Waals surface area contributed by atoms with Gasteiger partial charge in [-0.25, -0.2) is 4.39 Å². The fourth-order valence-electron chi connectivity index (χ4n) is 2.73. The molecule has 0 bridgehead atoms. The van der Waals surface area contributed by atoms with Crippen molar-refractivity contribution in [1.29, 1.82) is 0 Å². The topological polar surface area (TPSA) is 23.5 Å². The second-order valence-corrected chi connectivity index (χ2v) is 5.00. The molecule has 0 radical (unpaired) electrons. The fraction of sp³-hybridized carbons (Fsp3) is 0.714. The lowest BCUT2D eigenvalue weighted by Gasteiger charge is -2.33. The predicted octanol–water partition coefficient (Wildman–Crippen LogP) is 2.80. The van der Waals surface area contributed by atoms with Gasteiger partial charge in [0.15, 0.2) is 0 Å². The largest absolute Gasteiger partial charge is 0.392 e. The van der Waals surface area contributed by atoms with E-state index in [2.05, 4.69) is 11.0 Å². The third kappa shape index (κ3) is 3.39. The summed E-state index contributed by atoms with van der Waals surface area (Å²) in [6.07, 6.45) is 9.96. The molecule has 0 amide bonds. The third-order valence-corrected chi connectivity index (χ3v) is 3.82. The van der Waals surface area contributed by atoms with E-state index in [1.807, 2.05) is 6.08 Å². The van der Waals surface area contributed by atoms with Gasteiger partial charge in [-0.05, 0) is 44.3 Å². The summed E-state index contributed by atoms with van der Waals surface area (Å²) >= 11 is 0. The molecule has 0 aromatic rings. The Morgan fingerprint density at radius 3 is 2.76 bits per heavy atom. The number of allylic oxidation sites excluding steroid dienone is 2. The van der Waals surface area contributed by atoms with Crippen LogP contribution in [0.15, 0.2) is 23.6 Å². The Labute approximate surface area is 103 Å². The molecule has 1 aliphatic carbocycles. The van der Waals surface area contributed by atoms with Gasteiger partial charge in [0.05, 0.1) is 6.61 Å². The number of hydrogen-bond donors (Lipinski definition) is 1. The van der Waals surface area contributed by atoms with Crippen molar-refractivity contribution in [3.63, 3.8) is 0 Å². The van der Waals surface area contributed by atoms with Gasteiger partial charge in [-0.2, -0.15) is 0 Å². The van der Waals surface area contributed by atoms with Gasteiger partial charge in [-0.15, -0.1) is 0 Å². The molecule has 0 aromatic heterocycles. The summed E-state index contributed by atoms with van der Waals surface area (Å²) in [5, 5.41) is 9.05. The number of halogens is 1. The SMILES string of the molecule is OC/C1=C(\F)CCC(N2CCCCC2)/C=C\C1. The predicted molar refractivity (Wildman–Crippen MR) is 67.4 cm³/mol. The highest BCUT2D eigenvalue weighted by atomic mass is 19.1. The van der Waals surface area contributed by atoms with Crippen molar-refractivity contribution < 1.29 is 9.50 Å². The van der Waals surface area contributed by atoms with E-state index in [9.17, 15) is 4.39 Å². The van der Waals surface area contributed by atoms with Crippen molar-refractivity contribution >= 4 is 0 Å². The molecule has 0 aromatic carbocycles. The van der Waals surface area contributed by atoms with E-state index in [0.29, 0.717) is 24.5 Å². The Hall–Kier alpha value is -0.670. The average Bonchev–Trinajstić information content (AvgIpc) is 2.36. The van der Waals surface area contributed by atoms with Crippen LogP contribution in [0, 0.1) is 0 Å². The molecule has 1 fully saturated rings. The number of aliphatic hydroxyl groups is 1. The van der Waals surface area contributed by atoms with Crippen LogP contribution in [0.3, 0.4) is 0 Å². The first kappa shape index (κ1) is 12.8. The Balaban J connectivity index is 1.97. The van der Waals surface area contributed by atoms with E-state index in [4.69, 9.17) is 5.11 Å². The number of likely N-dealkylation sites (tertiary alicyclic amines) is 1. The van der Waals surface area contributed by atoms with Gasteiger partial charge in [0.1, 0.15) is 5.83 Å². The minimum atomic E-state index is -0.148. The minimum absolute atomic E-state index is 0.0983. The molecule has 1 saturated heterocycles. The maximum absolute atomic E-state index is 13.7. The summed E-state index contributed by atoms with van der Waals surface area (Å²) in [5.41, 5.74) is 0.554. The Morgan fingerprint density at radius 1 is 1.29 bits per heavy atom. The van der Waals surface area contributed by atoms with Gasteiger partial charge in [0, 0.05) is 12.5 Å². The minimum Gasteiger partial charge on any atom is -0.392 e. The van der Waals surface area contributed by atoms with Crippen molar-refractivity contribution in [2.24, 2.45) is 0 Å². The highest BCUT2D eigenvalue weighted by molar-refractivity contribution is 5.16. The van der Waals surface area contributed by atoms with Crippen LogP contribution in [0.4, 0.5) is 4.39 Å². The lowest BCUT2D eigenvalue weighted by molar-refractivity contribution is 0.181. The zero-order valence-electron chi connectivity index (χ0n) is 10.4. The smallest absolute Gasteiger partial charge is 0.102 e. The summed E-state index contributed by atoms with van der Waals surface area (Å²) in [4.78, 5) is 2.47. The molecule has 3 heteroatoms. The van der Waals surface area contributed by atoms with Crippen LogP contribution < -0.4 is 0 Å². The highest BCUT2D eigenvalue weighted by Crippen LogP contribution is 2.24. The Kier molecular flexibility index (Phi) is 4.75. The second kappa shape index (κ2) is 6.31. The van der Waals surface area contributed by atoms with E-state index in [1.165, 1.54) is 19.3 Å². The van der Waals surface area contributed by atoms with E-state index in [-0.39, 0.29) is 12.4 Å². The van der Waals surface area contributed by atoms with Crippen LogP contribution in [0.25, 0.3) is 0 Å². The van der Waals surface area contributed by atoms with E-state index in [0.717, 1.165) is 19.5 Å². The molecular formula is C14H22FNO. The Bertz CT molecular complexity index is 305.